The molecule has 6 nitrogen and oxygen atoms in total. The molecule has 2 rings (SSSR count). The van der Waals surface area contributed by atoms with E-state index in [0.717, 1.165) is 39.1 Å². The van der Waals surface area contributed by atoms with Gasteiger partial charge in [0.25, 0.3) is 0 Å². The summed E-state index contributed by atoms with van der Waals surface area (Å²) in [6.07, 6.45) is 8.32. The number of likely N-dealkylation sites (N-methyl/N-ethyl adjacent to an activating group) is 1. The molecule has 2 amide bonds. The summed E-state index contributed by atoms with van der Waals surface area (Å²) < 4.78 is 0. The molecule has 136 valence electrons. The van der Waals surface area contributed by atoms with E-state index in [-0.39, 0.29) is 11.8 Å². The second-order valence-electron chi connectivity index (χ2n) is 6.71. The molecule has 0 saturated carbocycles. The quantitative estimate of drug-likeness (QED) is 0.642. The molecule has 0 atom stereocenters. The number of nitrogens with one attached hydrogen (secondary N) is 2. The third kappa shape index (κ3) is 7.01. The highest BCUT2D eigenvalue weighted by molar-refractivity contribution is 5.78. The van der Waals surface area contributed by atoms with Crippen molar-refractivity contribution in [1.29, 1.82) is 0 Å². The summed E-state index contributed by atoms with van der Waals surface area (Å²) in [6.45, 7) is 7.67. The number of nitrogens with zero attached hydrogens (tertiary/aromatic N) is 2. The number of carbonyl (C=O) groups is 2. The Hall–Kier alpha value is -1.40. The lowest BCUT2D eigenvalue weighted by Crippen LogP contribution is -2.51. The highest BCUT2D eigenvalue weighted by Gasteiger charge is 2.20. The predicted octanol–water partition coefficient (Wildman–Crippen LogP) is 0.747. The first-order valence-electron chi connectivity index (χ1n) is 9.33. The van der Waals surface area contributed by atoms with Gasteiger partial charge in [-0.1, -0.05) is 11.6 Å². The number of carbonyl (C=O) groups excluding carboxylic acids is 2. The molecule has 2 N–H and O–H groups in total. The average molecular weight is 336 g/mol. The van der Waals surface area contributed by atoms with Gasteiger partial charge in [-0.05, 0) is 39.0 Å². The van der Waals surface area contributed by atoms with E-state index in [1.807, 2.05) is 6.92 Å². The highest BCUT2D eigenvalue weighted by Crippen LogP contribution is 2.19. The molecule has 1 aliphatic heterocycles. The normalized spacial score (nSPS) is 19.6. The number of allylic oxidation sites excluding steroid dienone is 1. The maximum Gasteiger partial charge on any atom is 0.234 e. The lowest BCUT2D eigenvalue weighted by molar-refractivity contribution is -0.124. The summed E-state index contributed by atoms with van der Waals surface area (Å²) >= 11 is 0. The SMILES string of the molecule is CCNC(=O)CN1CCN(CC(=O)NCCC2=CCCCC2)CC1. The summed E-state index contributed by atoms with van der Waals surface area (Å²) in [4.78, 5) is 27.9. The standard InChI is InChI=1S/C18H32N4O2/c1-2-19-17(23)14-21-10-12-22(13-11-21)15-18(24)20-9-8-16-6-4-3-5-7-16/h6H,2-5,7-15H2,1H3,(H,19,23)(H,20,24). The van der Waals surface area contributed by atoms with Crippen molar-refractivity contribution in [1.82, 2.24) is 20.4 Å². The maximum atomic E-state index is 12.0. The minimum Gasteiger partial charge on any atom is -0.355 e. The monoisotopic (exact) mass is 336 g/mol. The van der Waals surface area contributed by atoms with Crippen LogP contribution in [0.2, 0.25) is 0 Å². The fourth-order valence-corrected chi connectivity index (χ4v) is 3.31. The number of amides is 2. The molecular formula is C18H32N4O2. The molecule has 0 aromatic rings. The van der Waals surface area contributed by atoms with Gasteiger partial charge in [0.15, 0.2) is 0 Å². The summed E-state index contributed by atoms with van der Waals surface area (Å²) in [5.41, 5.74) is 1.50. The molecule has 2 aliphatic rings. The molecule has 24 heavy (non-hydrogen) atoms. The Kier molecular flexibility index (Phi) is 8.25. The van der Waals surface area contributed by atoms with Crippen LogP contribution in [-0.2, 0) is 9.59 Å². The summed E-state index contributed by atoms with van der Waals surface area (Å²) in [7, 11) is 0. The average Bonchev–Trinajstić information content (AvgIpc) is 2.58. The Morgan fingerprint density at radius 2 is 1.62 bits per heavy atom. The van der Waals surface area contributed by atoms with Gasteiger partial charge in [-0.15, -0.1) is 0 Å². The van der Waals surface area contributed by atoms with Crippen molar-refractivity contribution in [2.24, 2.45) is 0 Å². The van der Waals surface area contributed by atoms with Crippen molar-refractivity contribution in [2.45, 2.75) is 39.0 Å². The smallest absolute Gasteiger partial charge is 0.234 e. The Labute approximate surface area is 145 Å². The lowest BCUT2D eigenvalue weighted by Gasteiger charge is -2.33. The third-order valence-electron chi connectivity index (χ3n) is 4.73. The Morgan fingerprint density at radius 1 is 1.00 bits per heavy atom. The lowest BCUT2D eigenvalue weighted by atomic mass is 9.97. The van der Waals surface area contributed by atoms with E-state index in [1.54, 1.807) is 0 Å². The van der Waals surface area contributed by atoms with Crippen LogP contribution in [0.1, 0.15) is 39.0 Å². The Balaban J connectivity index is 1.56. The highest BCUT2D eigenvalue weighted by atomic mass is 16.2. The van der Waals surface area contributed by atoms with Crippen LogP contribution in [0.4, 0.5) is 0 Å². The van der Waals surface area contributed by atoms with Gasteiger partial charge in [0, 0.05) is 39.3 Å². The molecular weight excluding hydrogens is 304 g/mol. The van der Waals surface area contributed by atoms with E-state index in [1.165, 1.54) is 31.3 Å². The first kappa shape index (κ1) is 18.9. The summed E-state index contributed by atoms with van der Waals surface area (Å²) in [5.74, 6) is 0.198. The van der Waals surface area contributed by atoms with Crippen molar-refractivity contribution in [2.75, 3.05) is 52.4 Å². The minimum absolute atomic E-state index is 0.0840. The van der Waals surface area contributed by atoms with Crippen LogP contribution in [0.5, 0.6) is 0 Å². The minimum atomic E-state index is 0.0840. The molecule has 1 heterocycles. The summed E-state index contributed by atoms with van der Waals surface area (Å²) in [5, 5.41) is 5.86. The van der Waals surface area contributed by atoms with Gasteiger partial charge >= 0.3 is 0 Å². The largest absolute Gasteiger partial charge is 0.355 e. The van der Waals surface area contributed by atoms with Gasteiger partial charge in [-0.2, -0.15) is 0 Å². The first-order valence-corrected chi connectivity index (χ1v) is 9.33. The van der Waals surface area contributed by atoms with Crippen molar-refractivity contribution in [3.05, 3.63) is 11.6 Å². The van der Waals surface area contributed by atoms with E-state index in [2.05, 4.69) is 26.5 Å². The molecule has 1 aliphatic carbocycles. The topological polar surface area (TPSA) is 64.7 Å². The zero-order valence-corrected chi connectivity index (χ0v) is 15.0. The van der Waals surface area contributed by atoms with Gasteiger partial charge in [-0.3, -0.25) is 19.4 Å². The van der Waals surface area contributed by atoms with Crippen LogP contribution >= 0.6 is 0 Å². The molecule has 0 spiro atoms. The van der Waals surface area contributed by atoms with Gasteiger partial charge in [-0.25, -0.2) is 0 Å². The molecule has 1 fully saturated rings. The molecule has 0 bridgehead atoms. The molecule has 0 unspecified atom stereocenters. The van der Waals surface area contributed by atoms with Crippen LogP contribution in [0, 0.1) is 0 Å². The number of piperazine rings is 1. The zero-order valence-electron chi connectivity index (χ0n) is 15.0. The van der Waals surface area contributed by atoms with E-state index in [4.69, 9.17) is 0 Å². The van der Waals surface area contributed by atoms with Crippen LogP contribution in [-0.4, -0.2) is 74.0 Å². The van der Waals surface area contributed by atoms with Gasteiger partial charge in [0.1, 0.15) is 0 Å². The van der Waals surface area contributed by atoms with E-state index < -0.39 is 0 Å². The molecule has 1 saturated heterocycles. The fraction of sp³-hybridized carbons (Fsp3) is 0.778. The van der Waals surface area contributed by atoms with Crippen LogP contribution in [0.3, 0.4) is 0 Å². The van der Waals surface area contributed by atoms with Crippen molar-refractivity contribution >= 4 is 11.8 Å². The van der Waals surface area contributed by atoms with E-state index in [0.29, 0.717) is 19.6 Å². The zero-order chi connectivity index (χ0) is 17.2. The number of rotatable bonds is 8. The van der Waals surface area contributed by atoms with Gasteiger partial charge in [0.2, 0.25) is 11.8 Å². The van der Waals surface area contributed by atoms with E-state index in [9.17, 15) is 9.59 Å². The second kappa shape index (κ2) is 10.5. The fourth-order valence-electron chi connectivity index (χ4n) is 3.31. The summed E-state index contributed by atoms with van der Waals surface area (Å²) in [6, 6.07) is 0. The number of hydrogen-bond donors (Lipinski definition) is 2. The molecule has 6 heteroatoms. The molecule has 0 aromatic carbocycles. The van der Waals surface area contributed by atoms with Crippen LogP contribution in [0.15, 0.2) is 11.6 Å². The Morgan fingerprint density at radius 3 is 2.17 bits per heavy atom. The van der Waals surface area contributed by atoms with Gasteiger partial charge < -0.3 is 10.6 Å². The second-order valence-corrected chi connectivity index (χ2v) is 6.71. The third-order valence-corrected chi connectivity index (χ3v) is 4.73. The predicted molar refractivity (Wildman–Crippen MR) is 95.7 cm³/mol. The Bertz CT molecular complexity index is 442. The van der Waals surface area contributed by atoms with Crippen LogP contribution in [0.25, 0.3) is 0 Å². The maximum absolute atomic E-state index is 12.0. The van der Waals surface area contributed by atoms with Gasteiger partial charge in [0.05, 0.1) is 13.1 Å². The van der Waals surface area contributed by atoms with E-state index >= 15 is 0 Å². The van der Waals surface area contributed by atoms with Crippen molar-refractivity contribution < 1.29 is 9.59 Å². The molecule has 0 radical (unpaired) electrons. The number of hydrogen-bond acceptors (Lipinski definition) is 4. The first-order chi connectivity index (χ1) is 11.7. The van der Waals surface area contributed by atoms with Crippen molar-refractivity contribution in [3.8, 4) is 0 Å². The molecule has 0 aromatic heterocycles. The van der Waals surface area contributed by atoms with Crippen molar-refractivity contribution in [3.63, 3.8) is 0 Å². The van der Waals surface area contributed by atoms with Crippen LogP contribution < -0.4 is 10.6 Å².